The van der Waals surface area contributed by atoms with Crippen LogP contribution in [0.15, 0.2) is 23.8 Å². The number of allylic oxidation sites excluding steroid dienone is 2. The number of carbonyl (C=O) groups is 1. The molecule has 30 heavy (non-hydrogen) atoms. The molecule has 1 aliphatic carbocycles. The number of aromatic nitrogens is 2. The number of nitriles is 1. The SMILES string of the molecule is CC1=C(C)c2cc(Nc3nn([C@H]4CCC[C@@H]4C#N)cc3C(N)=O)cc(C)c2OB1O. The second-order valence-electron chi connectivity index (χ2n) is 8.04. The monoisotopic (exact) mass is 405 g/mol. The van der Waals surface area contributed by atoms with Crippen LogP contribution in [0.5, 0.6) is 5.75 Å². The third-order valence-electron chi connectivity index (χ3n) is 6.12. The van der Waals surface area contributed by atoms with E-state index in [-0.39, 0.29) is 17.5 Å². The van der Waals surface area contributed by atoms with E-state index in [2.05, 4.69) is 16.5 Å². The molecule has 154 valence electrons. The van der Waals surface area contributed by atoms with Crippen LogP contribution >= 0.6 is 0 Å². The standard InChI is InChI=1S/C21H24BN5O3/c1-11-7-15(8-16-12(2)13(3)22(29)30-19(11)16)25-21-17(20(24)28)10-27(26-21)18-6-4-5-14(18)9-23/h7-8,10,14,18,29H,4-6H2,1-3H3,(H2,24,28)(H,25,26)/t14-,18+/m1/s1. The van der Waals surface area contributed by atoms with Crippen molar-refractivity contribution in [3.63, 3.8) is 0 Å². The molecule has 0 saturated heterocycles. The lowest BCUT2D eigenvalue weighted by atomic mass is 9.73. The van der Waals surface area contributed by atoms with E-state index in [4.69, 9.17) is 10.4 Å². The summed E-state index contributed by atoms with van der Waals surface area (Å²) in [4.78, 5) is 12.0. The molecule has 0 spiro atoms. The zero-order valence-electron chi connectivity index (χ0n) is 17.3. The number of rotatable bonds is 4. The maximum absolute atomic E-state index is 12.0. The first-order chi connectivity index (χ1) is 14.3. The summed E-state index contributed by atoms with van der Waals surface area (Å²) in [5.74, 6) is 0.298. The lowest BCUT2D eigenvalue weighted by Gasteiger charge is -2.25. The summed E-state index contributed by atoms with van der Waals surface area (Å²) in [6.45, 7) is 5.67. The normalized spacial score (nSPS) is 20.6. The molecule has 9 heteroatoms. The summed E-state index contributed by atoms with van der Waals surface area (Å²) < 4.78 is 7.35. The molecule has 1 aromatic carbocycles. The van der Waals surface area contributed by atoms with Crippen molar-refractivity contribution in [1.82, 2.24) is 9.78 Å². The highest BCUT2D eigenvalue weighted by molar-refractivity contribution is 6.55. The Hall–Kier alpha value is -3.25. The number of aryl methyl sites for hydroxylation is 1. The molecule has 2 heterocycles. The lowest BCUT2D eigenvalue weighted by Crippen LogP contribution is -2.28. The predicted molar refractivity (Wildman–Crippen MR) is 114 cm³/mol. The van der Waals surface area contributed by atoms with Gasteiger partial charge in [0, 0.05) is 17.4 Å². The summed E-state index contributed by atoms with van der Waals surface area (Å²) in [6, 6.07) is 6.06. The molecule has 1 fully saturated rings. The van der Waals surface area contributed by atoms with Crippen LogP contribution < -0.4 is 15.7 Å². The molecule has 2 aliphatic rings. The Kier molecular flexibility index (Phi) is 5.04. The third-order valence-corrected chi connectivity index (χ3v) is 6.12. The molecule has 0 radical (unpaired) electrons. The fourth-order valence-electron chi connectivity index (χ4n) is 4.26. The summed E-state index contributed by atoms with van der Waals surface area (Å²) in [5, 5.41) is 27.3. The average Bonchev–Trinajstić information content (AvgIpc) is 3.34. The molecule has 2 atom stereocenters. The van der Waals surface area contributed by atoms with E-state index in [1.165, 1.54) is 0 Å². The molecule has 0 unspecified atom stereocenters. The maximum atomic E-state index is 12.0. The minimum absolute atomic E-state index is 0.0587. The molecular formula is C21H24BN5O3. The van der Waals surface area contributed by atoms with Gasteiger partial charge in [0.1, 0.15) is 11.3 Å². The van der Waals surface area contributed by atoms with Gasteiger partial charge in [0.25, 0.3) is 5.91 Å². The lowest BCUT2D eigenvalue weighted by molar-refractivity contribution is 0.100. The van der Waals surface area contributed by atoms with Crippen molar-refractivity contribution in [2.45, 2.75) is 46.1 Å². The van der Waals surface area contributed by atoms with Gasteiger partial charge in [-0.2, -0.15) is 10.4 Å². The van der Waals surface area contributed by atoms with Gasteiger partial charge in [0.15, 0.2) is 5.82 Å². The topological polar surface area (TPSA) is 126 Å². The van der Waals surface area contributed by atoms with Crippen LogP contribution in [0.2, 0.25) is 0 Å². The molecular weight excluding hydrogens is 381 g/mol. The predicted octanol–water partition coefficient (Wildman–Crippen LogP) is 3.10. The summed E-state index contributed by atoms with van der Waals surface area (Å²) in [5.41, 5.74) is 10.0. The number of anilines is 2. The first-order valence-corrected chi connectivity index (χ1v) is 10.0. The van der Waals surface area contributed by atoms with Gasteiger partial charge in [-0.3, -0.25) is 9.48 Å². The van der Waals surface area contributed by atoms with E-state index in [1.54, 1.807) is 10.9 Å². The molecule has 1 saturated carbocycles. The van der Waals surface area contributed by atoms with Crippen LogP contribution in [-0.4, -0.2) is 27.8 Å². The Bertz CT molecular complexity index is 1100. The second-order valence-corrected chi connectivity index (χ2v) is 8.04. The van der Waals surface area contributed by atoms with Gasteiger partial charge in [0.2, 0.25) is 0 Å². The summed E-state index contributed by atoms with van der Waals surface area (Å²) in [7, 11) is -0.952. The zero-order valence-corrected chi connectivity index (χ0v) is 17.3. The molecule has 4 rings (SSSR count). The highest BCUT2D eigenvalue weighted by Gasteiger charge is 2.32. The quantitative estimate of drug-likeness (QED) is 0.671. The van der Waals surface area contributed by atoms with Crippen molar-refractivity contribution in [2.24, 2.45) is 11.7 Å². The smallest absolute Gasteiger partial charge is 0.532 e. The zero-order chi connectivity index (χ0) is 21.6. The third kappa shape index (κ3) is 3.33. The summed E-state index contributed by atoms with van der Waals surface area (Å²) >= 11 is 0. The van der Waals surface area contributed by atoms with E-state index in [0.29, 0.717) is 11.6 Å². The van der Waals surface area contributed by atoms with E-state index in [0.717, 1.165) is 47.1 Å². The number of hydrogen-bond donors (Lipinski definition) is 3. The van der Waals surface area contributed by atoms with E-state index >= 15 is 0 Å². The van der Waals surface area contributed by atoms with Crippen LogP contribution in [0.3, 0.4) is 0 Å². The number of nitrogens with two attached hydrogens (primary N) is 1. The van der Waals surface area contributed by atoms with Gasteiger partial charge >= 0.3 is 7.12 Å². The van der Waals surface area contributed by atoms with Crippen molar-refractivity contribution in [3.8, 4) is 11.8 Å². The number of benzene rings is 1. The molecule has 1 aromatic heterocycles. The molecule has 8 nitrogen and oxygen atoms in total. The van der Waals surface area contributed by atoms with E-state index in [1.807, 2.05) is 32.9 Å². The molecule has 1 aliphatic heterocycles. The number of primary amides is 1. The van der Waals surface area contributed by atoms with Gasteiger partial charge in [0.05, 0.1) is 18.0 Å². The van der Waals surface area contributed by atoms with Gasteiger partial charge < -0.3 is 20.7 Å². The number of nitrogens with zero attached hydrogens (tertiary/aromatic N) is 3. The Labute approximate surface area is 175 Å². The Balaban J connectivity index is 1.71. The van der Waals surface area contributed by atoms with Gasteiger partial charge in [-0.15, -0.1) is 0 Å². The van der Waals surface area contributed by atoms with Gasteiger partial charge in [-0.05, 0) is 68.8 Å². The highest BCUT2D eigenvalue weighted by Crippen LogP contribution is 2.40. The fourth-order valence-corrected chi connectivity index (χ4v) is 4.26. The number of hydrogen-bond acceptors (Lipinski definition) is 6. The first-order valence-electron chi connectivity index (χ1n) is 10.0. The summed E-state index contributed by atoms with van der Waals surface area (Å²) in [6.07, 6.45) is 4.26. The van der Waals surface area contributed by atoms with Crippen molar-refractivity contribution in [1.29, 1.82) is 5.26 Å². The largest absolute Gasteiger partial charge is 0.555 e. The van der Waals surface area contributed by atoms with Crippen LogP contribution in [0.1, 0.15) is 60.6 Å². The number of amides is 1. The van der Waals surface area contributed by atoms with Crippen LogP contribution in [-0.2, 0) is 0 Å². The molecule has 0 bridgehead atoms. The van der Waals surface area contributed by atoms with E-state index < -0.39 is 13.0 Å². The number of fused-ring (bicyclic) bond motifs is 1. The Morgan fingerprint density at radius 1 is 1.40 bits per heavy atom. The van der Waals surface area contributed by atoms with Crippen molar-refractivity contribution in [2.75, 3.05) is 5.32 Å². The van der Waals surface area contributed by atoms with Crippen LogP contribution in [0.25, 0.3) is 5.57 Å². The second kappa shape index (κ2) is 7.54. The van der Waals surface area contributed by atoms with Crippen LogP contribution in [0.4, 0.5) is 11.5 Å². The number of nitrogens with one attached hydrogen (secondary N) is 1. The maximum Gasteiger partial charge on any atom is 0.555 e. The van der Waals surface area contributed by atoms with Gasteiger partial charge in [-0.25, -0.2) is 0 Å². The van der Waals surface area contributed by atoms with Gasteiger partial charge in [-0.1, -0.05) is 0 Å². The minimum atomic E-state index is -0.952. The van der Waals surface area contributed by atoms with Crippen molar-refractivity contribution in [3.05, 3.63) is 40.5 Å². The van der Waals surface area contributed by atoms with Crippen molar-refractivity contribution >= 4 is 30.1 Å². The average molecular weight is 405 g/mol. The molecule has 1 amide bonds. The van der Waals surface area contributed by atoms with E-state index in [9.17, 15) is 15.1 Å². The Morgan fingerprint density at radius 2 is 2.17 bits per heavy atom. The first kappa shape index (κ1) is 20.0. The molecule has 2 aromatic rings. The molecule has 4 N–H and O–H groups in total. The number of carbonyl (C=O) groups excluding carboxylic acids is 1. The minimum Gasteiger partial charge on any atom is -0.532 e. The fraction of sp³-hybridized carbons (Fsp3) is 0.381. The highest BCUT2D eigenvalue weighted by atomic mass is 16.5. The van der Waals surface area contributed by atoms with Crippen LogP contribution in [0, 0.1) is 24.2 Å². The van der Waals surface area contributed by atoms with Crippen molar-refractivity contribution < 1.29 is 14.5 Å². The Morgan fingerprint density at radius 3 is 2.87 bits per heavy atom.